The summed E-state index contributed by atoms with van der Waals surface area (Å²) < 4.78 is 0. The van der Waals surface area contributed by atoms with E-state index in [-0.39, 0.29) is 0 Å². The molecule has 23 heavy (non-hydrogen) atoms. The van der Waals surface area contributed by atoms with E-state index in [9.17, 15) is 0 Å². The highest BCUT2D eigenvalue weighted by Crippen LogP contribution is 2.59. The molecule has 4 heteroatoms. The Bertz CT molecular complexity index is 670. The van der Waals surface area contributed by atoms with Crippen LogP contribution in [0, 0.1) is 24.2 Å². The first-order chi connectivity index (χ1) is 10.9. The second-order valence-electron chi connectivity index (χ2n) is 7.28. The van der Waals surface area contributed by atoms with Gasteiger partial charge in [0.15, 0.2) is 5.11 Å². The summed E-state index contributed by atoms with van der Waals surface area (Å²) in [7, 11) is 1.81. The molecular formula is C19H25N3S. The monoisotopic (exact) mass is 327 g/mol. The standard InChI is InChI=1S/C19H25N3S/c1-12-5-7-13(8-6-12)9-14-10-15-11-16(19(15,2)3)17(14)21-22-18(23)20-4/h5-9,15-16H,10-11H2,1-4H3,(H2,20,22,23)/b14-9+,21-17+. The van der Waals surface area contributed by atoms with Crippen molar-refractivity contribution >= 4 is 29.1 Å². The molecule has 3 fully saturated rings. The van der Waals surface area contributed by atoms with Crippen molar-refractivity contribution in [3.63, 3.8) is 0 Å². The van der Waals surface area contributed by atoms with Gasteiger partial charge in [0.05, 0.1) is 5.71 Å². The van der Waals surface area contributed by atoms with E-state index >= 15 is 0 Å². The number of hydrogen-bond acceptors (Lipinski definition) is 2. The normalized spacial score (nSPS) is 28.3. The fourth-order valence-corrected chi connectivity index (χ4v) is 3.78. The van der Waals surface area contributed by atoms with Crippen LogP contribution in [-0.4, -0.2) is 17.9 Å². The molecule has 0 spiro atoms. The molecule has 1 aromatic carbocycles. The smallest absolute Gasteiger partial charge is 0.186 e. The third-order valence-electron chi connectivity index (χ3n) is 5.52. The van der Waals surface area contributed by atoms with Crippen molar-refractivity contribution < 1.29 is 0 Å². The number of benzene rings is 1. The van der Waals surface area contributed by atoms with E-state index in [1.165, 1.54) is 28.8 Å². The maximum absolute atomic E-state index is 5.17. The lowest BCUT2D eigenvalue weighted by Gasteiger charge is -2.57. The van der Waals surface area contributed by atoms with Crippen molar-refractivity contribution in [1.29, 1.82) is 0 Å². The summed E-state index contributed by atoms with van der Waals surface area (Å²) in [4.78, 5) is 0. The molecular weight excluding hydrogens is 302 g/mol. The molecule has 4 rings (SSSR count). The molecule has 0 aliphatic heterocycles. The maximum atomic E-state index is 5.17. The van der Waals surface area contributed by atoms with Crippen molar-refractivity contribution in [2.75, 3.05) is 7.05 Å². The van der Waals surface area contributed by atoms with E-state index in [1.807, 2.05) is 7.05 Å². The van der Waals surface area contributed by atoms with E-state index in [4.69, 9.17) is 12.2 Å². The summed E-state index contributed by atoms with van der Waals surface area (Å²) in [6.45, 7) is 6.84. The second-order valence-corrected chi connectivity index (χ2v) is 7.69. The van der Waals surface area contributed by atoms with E-state index in [0.717, 1.165) is 12.3 Å². The molecule has 122 valence electrons. The highest BCUT2D eigenvalue weighted by Gasteiger charge is 2.54. The van der Waals surface area contributed by atoms with Crippen LogP contribution < -0.4 is 10.7 Å². The topological polar surface area (TPSA) is 36.4 Å². The molecule has 0 radical (unpaired) electrons. The molecule has 0 saturated heterocycles. The lowest BCUT2D eigenvalue weighted by Crippen LogP contribution is -2.54. The van der Waals surface area contributed by atoms with E-state index in [1.54, 1.807) is 0 Å². The van der Waals surface area contributed by atoms with Crippen molar-refractivity contribution in [1.82, 2.24) is 10.7 Å². The van der Waals surface area contributed by atoms with Gasteiger partial charge in [-0.1, -0.05) is 43.7 Å². The Labute approximate surface area is 144 Å². The summed E-state index contributed by atoms with van der Waals surface area (Å²) in [5, 5.41) is 8.14. The Morgan fingerprint density at radius 2 is 2.00 bits per heavy atom. The molecule has 3 aliphatic rings. The number of aryl methyl sites for hydroxylation is 1. The van der Waals surface area contributed by atoms with Gasteiger partial charge in [-0.25, -0.2) is 0 Å². The second kappa shape index (κ2) is 6.08. The summed E-state index contributed by atoms with van der Waals surface area (Å²) in [6.07, 6.45) is 4.63. The Hall–Kier alpha value is -1.68. The van der Waals surface area contributed by atoms with Gasteiger partial charge in [-0.05, 0) is 60.5 Å². The number of allylic oxidation sites excluding steroid dienone is 1. The van der Waals surface area contributed by atoms with Crippen molar-refractivity contribution in [2.45, 2.75) is 33.6 Å². The first kappa shape index (κ1) is 16.2. The van der Waals surface area contributed by atoms with E-state index in [2.05, 4.69) is 67.0 Å². The minimum absolute atomic E-state index is 0.340. The number of nitrogens with zero attached hydrogens (tertiary/aromatic N) is 1. The zero-order valence-electron chi connectivity index (χ0n) is 14.3. The molecule has 2 bridgehead atoms. The Morgan fingerprint density at radius 3 is 2.61 bits per heavy atom. The van der Waals surface area contributed by atoms with Crippen molar-refractivity contribution in [3.8, 4) is 0 Å². The van der Waals surface area contributed by atoms with Gasteiger partial charge in [0, 0.05) is 13.0 Å². The number of thiocarbonyl (C=S) groups is 1. The Morgan fingerprint density at radius 1 is 1.30 bits per heavy atom. The third kappa shape index (κ3) is 3.05. The largest absolute Gasteiger partial charge is 0.364 e. The average molecular weight is 327 g/mol. The molecule has 0 heterocycles. The van der Waals surface area contributed by atoms with Crippen LogP contribution in [0.1, 0.15) is 37.8 Å². The quantitative estimate of drug-likeness (QED) is 0.639. The highest BCUT2D eigenvalue weighted by molar-refractivity contribution is 7.80. The number of hydrogen-bond donors (Lipinski definition) is 2. The SMILES string of the molecule is CNC(=S)N/N=C1\C(=C\c2ccc(C)cc2)CC2CC1C2(C)C. The minimum atomic E-state index is 0.340. The molecule has 0 amide bonds. The van der Waals surface area contributed by atoms with Crippen molar-refractivity contribution in [3.05, 3.63) is 41.0 Å². The summed E-state index contributed by atoms with van der Waals surface area (Å²) in [5.41, 5.74) is 8.38. The molecule has 3 saturated carbocycles. The van der Waals surface area contributed by atoms with E-state index in [0.29, 0.717) is 16.4 Å². The van der Waals surface area contributed by atoms with Crippen LogP contribution in [-0.2, 0) is 0 Å². The van der Waals surface area contributed by atoms with Gasteiger partial charge < -0.3 is 5.32 Å². The number of hydrazone groups is 1. The molecule has 3 nitrogen and oxygen atoms in total. The molecule has 0 aromatic heterocycles. The van der Waals surface area contributed by atoms with Crippen molar-refractivity contribution in [2.24, 2.45) is 22.4 Å². The van der Waals surface area contributed by atoms with Crippen LogP contribution in [0.4, 0.5) is 0 Å². The van der Waals surface area contributed by atoms with Gasteiger partial charge in [0.25, 0.3) is 0 Å². The predicted octanol–water partition coefficient (Wildman–Crippen LogP) is 3.89. The van der Waals surface area contributed by atoms with Crippen LogP contribution in [0.15, 0.2) is 34.9 Å². The van der Waals surface area contributed by atoms with E-state index < -0.39 is 0 Å². The van der Waals surface area contributed by atoms with Gasteiger partial charge in [-0.15, -0.1) is 0 Å². The molecule has 1 aromatic rings. The number of fused-ring (bicyclic) bond motifs is 2. The Kier molecular flexibility index (Phi) is 4.28. The van der Waals surface area contributed by atoms with Gasteiger partial charge in [-0.2, -0.15) is 5.10 Å². The summed E-state index contributed by atoms with van der Waals surface area (Å²) >= 11 is 5.17. The first-order valence-corrected chi connectivity index (χ1v) is 8.65. The number of nitrogens with one attached hydrogen (secondary N) is 2. The fourth-order valence-electron chi connectivity index (χ4n) is 3.73. The van der Waals surface area contributed by atoms with Crippen LogP contribution in [0.25, 0.3) is 6.08 Å². The Balaban J connectivity index is 1.91. The lowest BCUT2D eigenvalue weighted by molar-refractivity contribution is 0.0141. The van der Waals surface area contributed by atoms with Crippen LogP contribution >= 0.6 is 12.2 Å². The zero-order valence-corrected chi connectivity index (χ0v) is 15.1. The molecule has 2 N–H and O–H groups in total. The third-order valence-corrected chi connectivity index (χ3v) is 5.81. The minimum Gasteiger partial charge on any atom is -0.364 e. The van der Waals surface area contributed by atoms with Gasteiger partial charge >= 0.3 is 0 Å². The zero-order chi connectivity index (χ0) is 16.6. The van der Waals surface area contributed by atoms with Crippen LogP contribution in [0.3, 0.4) is 0 Å². The fraction of sp³-hybridized carbons (Fsp3) is 0.474. The van der Waals surface area contributed by atoms with Gasteiger partial charge in [0.1, 0.15) is 0 Å². The summed E-state index contributed by atoms with van der Waals surface area (Å²) in [6, 6.07) is 8.67. The molecule has 3 aliphatic carbocycles. The maximum Gasteiger partial charge on any atom is 0.186 e. The van der Waals surface area contributed by atoms with Crippen LogP contribution in [0.5, 0.6) is 0 Å². The summed E-state index contributed by atoms with van der Waals surface area (Å²) in [5.74, 6) is 1.28. The predicted molar refractivity (Wildman–Crippen MR) is 101 cm³/mol. The van der Waals surface area contributed by atoms with Gasteiger partial charge in [-0.3, -0.25) is 5.43 Å². The molecule has 2 unspecified atom stereocenters. The average Bonchev–Trinajstić information content (AvgIpc) is 2.54. The lowest BCUT2D eigenvalue weighted by atomic mass is 9.47. The van der Waals surface area contributed by atoms with Gasteiger partial charge in [0.2, 0.25) is 0 Å². The van der Waals surface area contributed by atoms with Crippen LogP contribution in [0.2, 0.25) is 0 Å². The highest BCUT2D eigenvalue weighted by atomic mass is 32.1. The first-order valence-electron chi connectivity index (χ1n) is 8.24. The molecule has 2 atom stereocenters. The number of rotatable bonds is 2.